The molecule has 2 aliphatic carbocycles. The predicted octanol–water partition coefficient (Wildman–Crippen LogP) is 7.74. The molecule has 0 saturated carbocycles. The van der Waals surface area contributed by atoms with E-state index in [0.717, 1.165) is 55.2 Å². The van der Waals surface area contributed by atoms with Gasteiger partial charge in [0, 0.05) is 6.42 Å². The maximum absolute atomic E-state index is 12.7. The van der Waals surface area contributed by atoms with Gasteiger partial charge in [-0.15, -0.1) is 0 Å². The van der Waals surface area contributed by atoms with Crippen LogP contribution in [0.2, 0.25) is 0 Å². The van der Waals surface area contributed by atoms with Gasteiger partial charge in [0.15, 0.2) is 0 Å². The highest BCUT2D eigenvalue weighted by Gasteiger charge is 2.41. The zero-order chi connectivity index (χ0) is 29.3. The number of hydrogen-bond acceptors (Lipinski definition) is 7. The van der Waals surface area contributed by atoms with Crippen LogP contribution in [-0.2, 0) is 23.8 Å². The lowest BCUT2D eigenvalue weighted by atomic mass is 9.68. The number of aryl methyl sites for hydroxylation is 1. The predicted molar refractivity (Wildman–Crippen MR) is 156 cm³/mol. The molecule has 8 heteroatoms. The fraction of sp³-hybridized carbons (Fsp3) is 0.531. The highest BCUT2D eigenvalue weighted by molar-refractivity contribution is 7.86. The topological polar surface area (TPSA) is 99.1 Å². The van der Waals surface area contributed by atoms with Crippen LogP contribution in [0, 0.1) is 24.7 Å². The van der Waals surface area contributed by atoms with E-state index in [1.54, 1.807) is 12.1 Å². The first-order valence-electron chi connectivity index (χ1n) is 14.2. The van der Waals surface area contributed by atoms with Crippen LogP contribution < -0.4 is 0 Å². The molecule has 40 heavy (non-hydrogen) atoms. The summed E-state index contributed by atoms with van der Waals surface area (Å²) in [4.78, 5) is 12.8. The fourth-order valence-electron chi connectivity index (χ4n) is 5.41. The van der Waals surface area contributed by atoms with Crippen LogP contribution in [0.4, 0.5) is 4.79 Å². The number of hydrogen-bond donors (Lipinski definition) is 1. The Balaban J connectivity index is 1.63. The monoisotopic (exact) mass is 572 g/mol. The van der Waals surface area contributed by atoms with Crippen molar-refractivity contribution in [1.82, 2.24) is 0 Å². The van der Waals surface area contributed by atoms with Crippen molar-refractivity contribution in [3.8, 4) is 0 Å². The minimum Gasteiger partial charge on any atom is -0.512 e. The zero-order valence-electron chi connectivity index (χ0n) is 24.2. The van der Waals surface area contributed by atoms with Crippen LogP contribution in [-0.4, -0.2) is 39.0 Å². The van der Waals surface area contributed by atoms with Gasteiger partial charge in [-0.1, -0.05) is 61.3 Å². The summed E-state index contributed by atoms with van der Waals surface area (Å²) < 4.78 is 40.8. The van der Waals surface area contributed by atoms with Gasteiger partial charge in [0.2, 0.25) is 0 Å². The lowest BCUT2D eigenvalue weighted by molar-refractivity contribution is 0.00526. The lowest BCUT2D eigenvalue weighted by Gasteiger charge is -2.39. The highest BCUT2D eigenvalue weighted by atomic mass is 32.2. The fourth-order valence-corrected chi connectivity index (χ4v) is 6.35. The minimum atomic E-state index is -3.89. The summed E-state index contributed by atoms with van der Waals surface area (Å²) in [5.74, 6) is -0.130. The number of rotatable bonds is 13. The Kier molecular flexibility index (Phi) is 11.6. The number of unbranched alkanes of at least 4 members (excludes halogenated alkanes) is 2. The normalized spacial score (nSPS) is 23.1. The van der Waals surface area contributed by atoms with E-state index in [1.807, 2.05) is 26.0 Å². The third-order valence-electron chi connectivity index (χ3n) is 7.60. The molecule has 0 saturated heterocycles. The molecule has 1 aromatic carbocycles. The van der Waals surface area contributed by atoms with Crippen LogP contribution in [0.3, 0.4) is 0 Å². The van der Waals surface area contributed by atoms with Crippen molar-refractivity contribution in [3.05, 3.63) is 77.1 Å². The number of benzene rings is 1. The number of allylic oxidation sites excluding steroid dienone is 5. The maximum atomic E-state index is 12.7. The summed E-state index contributed by atoms with van der Waals surface area (Å²) in [6.45, 7) is 12.1. The number of ether oxygens (including phenoxy) is 2. The number of carbonyl (C=O) groups is 1. The molecule has 220 valence electrons. The average Bonchev–Trinajstić information content (AvgIpc) is 2.88. The van der Waals surface area contributed by atoms with Gasteiger partial charge in [0.05, 0.1) is 24.0 Å². The van der Waals surface area contributed by atoms with Crippen LogP contribution in [0.25, 0.3) is 0 Å². The third-order valence-corrected chi connectivity index (χ3v) is 8.93. The summed E-state index contributed by atoms with van der Waals surface area (Å²) in [5, 5.41) is 11.2. The molecule has 0 spiro atoms. The Hall–Kier alpha value is -2.84. The molecule has 0 radical (unpaired) electrons. The Labute approximate surface area is 239 Å². The van der Waals surface area contributed by atoms with E-state index in [9.17, 15) is 18.3 Å². The second-order valence-electron chi connectivity index (χ2n) is 11.0. The molecule has 0 fully saturated rings. The van der Waals surface area contributed by atoms with Gasteiger partial charge in [-0.25, -0.2) is 4.79 Å². The molecule has 0 aromatic heterocycles. The van der Waals surface area contributed by atoms with Crippen LogP contribution in [0.5, 0.6) is 0 Å². The minimum absolute atomic E-state index is 0.0610. The smallest absolute Gasteiger partial charge is 0.508 e. The molecule has 1 N–H and O–H groups in total. The van der Waals surface area contributed by atoms with Gasteiger partial charge in [-0.3, -0.25) is 4.18 Å². The molecule has 0 bridgehead atoms. The molecule has 7 nitrogen and oxygen atoms in total. The van der Waals surface area contributed by atoms with Gasteiger partial charge in [-0.2, -0.15) is 8.42 Å². The second kappa shape index (κ2) is 14.7. The summed E-state index contributed by atoms with van der Waals surface area (Å²) in [5.41, 5.74) is 4.18. The van der Waals surface area contributed by atoms with Gasteiger partial charge in [-0.05, 0) is 88.1 Å². The van der Waals surface area contributed by atoms with E-state index in [2.05, 4.69) is 26.5 Å². The first-order valence-corrected chi connectivity index (χ1v) is 15.7. The Bertz CT molecular complexity index is 1220. The third kappa shape index (κ3) is 8.83. The maximum Gasteiger partial charge on any atom is 0.508 e. The number of aliphatic hydroxyl groups excluding tert-OH is 1. The Morgan fingerprint density at radius 2 is 1.80 bits per heavy atom. The quantitative estimate of drug-likeness (QED) is 0.112. The molecule has 0 heterocycles. The average molecular weight is 573 g/mol. The Morgan fingerprint density at radius 3 is 2.48 bits per heavy atom. The van der Waals surface area contributed by atoms with E-state index in [4.69, 9.17) is 13.7 Å². The van der Waals surface area contributed by atoms with Crippen molar-refractivity contribution in [3.63, 3.8) is 0 Å². The molecule has 4 atom stereocenters. The first-order chi connectivity index (χ1) is 19.0. The van der Waals surface area contributed by atoms with E-state index < -0.39 is 28.3 Å². The van der Waals surface area contributed by atoms with Gasteiger partial charge < -0.3 is 14.6 Å². The van der Waals surface area contributed by atoms with Crippen molar-refractivity contribution >= 4 is 16.3 Å². The largest absolute Gasteiger partial charge is 0.512 e. The zero-order valence-corrected chi connectivity index (χ0v) is 25.0. The lowest BCUT2D eigenvalue weighted by Crippen LogP contribution is -2.38. The summed E-state index contributed by atoms with van der Waals surface area (Å²) in [6.07, 6.45) is 10.4. The highest BCUT2D eigenvalue weighted by Crippen LogP contribution is 2.44. The first kappa shape index (κ1) is 31.7. The van der Waals surface area contributed by atoms with Gasteiger partial charge in [0.25, 0.3) is 10.1 Å². The summed E-state index contributed by atoms with van der Waals surface area (Å²) in [6, 6.07) is 6.39. The van der Waals surface area contributed by atoms with Crippen molar-refractivity contribution in [1.29, 1.82) is 0 Å². The summed E-state index contributed by atoms with van der Waals surface area (Å²) in [7, 11) is -3.89. The van der Waals surface area contributed by atoms with Crippen molar-refractivity contribution in [2.45, 2.75) is 83.6 Å². The second-order valence-corrected chi connectivity index (χ2v) is 12.6. The van der Waals surface area contributed by atoms with Crippen LogP contribution >= 0.6 is 0 Å². The Morgan fingerprint density at radius 1 is 1.07 bits per heavy atom. The van der Waals surface area contributed by atoms with E-state index in [0.29, 0.717) is 0 Å². The van der Waals surface area contributed by atoms with Crippen molar-refractivity contribution in [2.75, 3.05) is 13.2 Å². The summed E-state index contributed by atoms with van der Waals surface area (Å²) >= 11 is 0. The van der Waals surface area contributed by atoms with E-state index in [-0.39, 0.29) is 42.1 Å². The van der Waals surface area contributed by atoms with E-state index in [1.165, 1.54) is 17.7 Å². The number of carbonyl (C=O) groups excluding carboxylic acids is 1. The molecule has 0 aliphatic heterocycles. The molecule has 1 aromatic rings. The van der Waals surface area contributed by atoms with Crippen LogP contribution in [0.1, 0.15) is 71.3 Å². The molecule has 3 rings (SSSR count). The van der Waals surface area contributed by atoms with Gasteiger partial charge in [0.1, 0.15) is 11.9 Å². The number of aliphatic hydroxyl groups is 1. The molecular weight excluding hydrogens is 528 g/mol. The molecular formula is C32H44O7S. The van der Waals surface area contributed by atoms with Crippen LogP contribution in [0.15, 0.2) is 76.4 Å². The SMILES string of the molecule is C=C(C)[C@@H]1CCC(C)=C[C@H]1C1C(O)=CC(CCCCC)=CC1OC(=O)OCCCOS(=O)(=O)c1ccc(C)cc1. The van der Waals surface area contributed by atoms with Crippen molar-refractivity contribution in [2.24, 2.45) is 17.8 Å². The van der Waals surface area contributed by atoms with E-state index >= 15 is 0 Å². The molecule has 0 amide bonds. The molecule has 2 unspecified atom stereocenters. The van der Waals surface area contributed by atoms with Crippen molar-refractivity contribution < 1.29 is 32.0 Å². The molecule has 2 aliphatic rings. The van der Waals surface area contributed by atoms with Gasteiger partial charge >= 0.3 is 6.16 Å². The standard InChI is InChI=1S/C32H44O7S/c1-6-7-8-10-25-20-29(33)31(28-19-24(5)13-16-27(28)22(2)3)30(21-25)39-32(34)37-17-9-18-38-40(35,36)26-14-11-23(4)12-15-26/h11-12,14-15,19-21,27-28,30-31,33H,2,6-10,13,16-18H2,1,3-5H3/t27-,28+,30?,31?/m0/s1.